The minimum atomic E-state index is 0.154. The molecule has 136 valence electrons. The van der Waals surface area contributed by atoms with Crippen LogP contribution in [0.2, 0.25) is 5.02 Å². The standard InChI is InChI=1S/C22H25ClN2S/c23-19-11-9-18(10-12-19)21-20(16-24-15-17-7-3-1-4-8-17)22(25-26-21)13-5-2-6-14-22/h1,3-4,7-12,24-25H,2,5-6,13-16H2. The number of hydrogen-bond acceptors (Lipinski definition) is 3. The fourth-order valence-corrected chi connectivity index (χ4v) is 5.46. The summed E-state index contributed by atoms with van der Waals surface area (Å²) >= 11 is 7.91. The number of hydrogen-bond donors (Lipinski definition) is 2. The van der Waals surface area contributed by atoms with Gasteiger partial charge in [-0.2, -0.15) is 0 Å². The molecule has 1 spiro atoms. The van der Waals surface area contributed by atoms with Crippen LogP contribution in [0.5, 0.6) is 0 Å². The van der Waals surface area contributed by atoms with E-state index in [9.17, 15) is 0 Å². The van der Waals surface area contributed by atoms with Crippen molar-refractivity contribution in [3.05, 3.63) is 76.3 Å². The molecular formula is C22H25ClN2S. The zero-order chi connectivity index (χ0) is 17.8. The molecule has 1 aliphatic carbocycles. The van der Waals surface area contributed by atoms with Gasteiger partial charge in [0.25, 0.3) is 0 Å². The van der Waals surface area contributed by atoms with Gasteiger partial charge in [-0.1, -0.05) is 73.3 Å². The smallest absolute Gasteiger partial charge is 0.0521 e. The van der Waals surface area contributed by atoms with Gasteiger partial charge in [0.2, 0.25) is 0 Å². The Morgan fingerprint density at radius 3 is 2.38 bits per heavy atom. The number of nitrogens with one attached hydrogen (secondary N) is 2. The maximum atomic E-state index is 6.10. The molecule has 0 amide bonds. The summed E-state index contributed by atoms with van der Waals surface area (Å²) in [6.45, 7) is 1.83. The van der Waals surface area contributed by atoms with Crippen LogP contribution < -0.4 is 10.0 Å². The van der Waals surface area contributed by atoms with Gasteiger partial charge in [0.15, 0.2) is 0 Å². The van der Waals surface area contributed by atoms with Crippen molar-refractivity contribution in [2.24, 2.45) is 0 Å². The quantitative estimate of drug-likeness (QED) is 0.637. The van der Waals surface area contributed by atoms with Crippen LogP contribution in [0.15, 0.2) is 60.2 Å². The second kappa shape index (κ2) is 8.18. The van der Waals surface area contributed by atoms with Crippen LogP contribution in [0, 0.1) is 0 Å². The summed E-state index contributed by atoms with van der Waals surface area (Å²) in [5.74, 6) is 0. The van der Waals surface area contributed by atoms with Crippen LogP contribution in [-0.4, -0.2) is 12.1 Å². The Labute approximate surface area is 165 Å². The normalized spacial score (nSPS) is 19.3. The predicted molar refractivity (Wildman–Crippen MR) is 113 cm³/mol. The van der Waals surface area contributed by atoms with E-state index in [1.54, 1.807) is 0 Å². The molecule has 1 saturated carbocycles. The molecule has 0 bridgehead atoms. The van der Waals surface area contributed by atoms with Crippen LogP contribution in [0.1, 0.15) is 43.2 Å². The van der Waals surface area contributed by atoms with Crippen molar-refractivity contribution in [2.45, 2.75) is 44.2 Å². The lowest BCUT2D eigenvalue weighted by Crippen LogP contribution is -2.44. The molecule has 0 atom stereocenters. The number of rotatable bonds is 5. The first-order valence-electron chi connectivity index (χ1n) is 9.45. The molecule has 4 heteroatoms. The summed E-state index contributed by atoms with van der Waals surface area (Å²) in [6.07, 6.45) is 6.45. The van der Waals surface area contributed by atoms with Crippen molar-refractivity contribution in [1.82, 2.24) is 10.0 Å². The van der Waals surface area contributed by atoms with E-state index in [1.807, 2.05) is 24.1 Å². The summed E-state index contributed by atoms with van der Waals surface area (Å²) in [6, 6.07) is 18.9. The summed E-state index contributed by atoms with van der Waals surface area (Å²) in [4.78, 5) is 1.38. The van der Waals surface area contributed by atoms with Gasteiger partial charge in [-0.05, 0) is 53.6 Å². The molecule has 2 N–H and O–H groups in total. The van der Waals surface area contributed by atoms with E-state index >= 15 is 0 Å². The van der Waals surface area contributed by atoms with E-state index in [0.717, 1.165) is 18.1 Å². The molecule has 0 unspecified atom stereocenters. The molecule has 2 aromatic carbocycles. The van der Waals surface area contributed by atoms with Gasteiger partial charge in [0.1, 0.15) is 0 Å². The molecule has 1 heterocycles. The Bertz CT molecular complexity index is 764. The first kappa shape index (κ1) is 18.1. The highest BCUT2D eigenvalue weighted by molar-refractivity contribution is 8.07. The van der Waals surface area contributed by atoms with Crippen molar-refractivity contribution in [3.63, 3.8) is 0 Å². The minimum absolute atomic E-state index is 0.154. The molecule has 26 heavy (non-hydrogen) atoms. The molecule has 1 fully saturated rings. The molecule has 0 radical (unpaired) electrons. The van der Waals surface area contributed by atoms with Crippen LogP contribution in [0.25, 0.3) is 4.91 Å². The highest BCUT2D eigenvalue weighted by Crippen LogP contribution is 2.48. The monoisotopic (exact) mass is 384 g/mol. The maximum Gasteiger partial charge on any atom is 0.0521 e. The number of benzene rings is 2. The second-order valence-corrected chi connectivity index (χ2v) is 8.50. The summed E-state index contributed by atoms with van der Waals surface area (Å²) < 4.78 is 3.80. The molecule has 2 aromatic rings. The van der Waals surface area contributed by atoms with Gasteiger partial charge >= 0.3 is 0 Å². The predicted octanol–water partition coefficient (Wildman–Crippen LogP) is 5.80. The molecule has 1 aliphatic heterocycles. The Kier molecular flexibility index (Phi) is 5.70. The summed E-state index contributed by atoms with van der Waals surface area (Å²) in [5, 5.41) is 4.48. The fraction of sp³-hybridized carbons (Fsp3) is 0.364. The van der Waals surface area contributed by atoms with Crippen LogP contribution in [0.4, 0.5) is 0 Å². The van der Waals surface area contributed by atoms with E-state index in [1.165, 1.54) is 53.7 Å². The Morgan fingerprint density at radius 1 is 0.923 bits per heavy atom. The third-order valence-electron chi connectivity index (χ3n) is 5.49. The third-order valence-corrected chi connectivity index (χ3v) is 6.92. The summed E-state index contributed by atoms with van der Waals surface area (Å²) in [7, 11) is 0. The molecule has 0 saturated heterocycles. The molecule has 4 rings (SSSR count). The van der Waals surface area contributed by atoms with E-state index in [-0.39, 0.29) is 5.54 Å². The van der Waals surface area contributed by atoms with E-state index < -0.39 is 0 Å². The topological polar surface area (TPSA) is 24.1 Å². The fourth-order valence-electron chi connectivity index (χ4n) is 4.06. The van der Waals surface area contributed by atoms with Crippen LogP contribution >= 0.6 is 23.5 Å². The average molecular weight is 385 g/mol. The minimum Gasteiger partial charge on any atom is -0.309 e. The third kappa shape index (κ3) is 3.86. The summed E-state index contributed by atoms with van der Waals surface area (Å²) in [5.41, 5.74) is 4.28. The second-order valence-electron chi connectivity index (χ2n) is 7.25. The largest absolute Gasteiger partial charge is 0.309 e. The zero-order valence-corrected chi connectivity index (χ0v) is 16.5. The Balaban J connectivity index is 1.58. The van der Waals surface area contributed by atoms with Gasteiger partial charge in [-0.3, -0.25) is 0 Å². The highest BCUT2D eigenvalue weighted by atomic mass is 35.5. The maximum absolute atomic E-state index is 6.10. The molecule has 0 aromatic heterocycles. The van der Waals surface area contributed by atoms with Crippen molar-refractivity contribution in [3.8, 4) is 0 Å². The van der Waals surface area contributed by atoms with E-state index in [2.05, 4.69) is 52.5 Å². The first-order chi connectivity index (χ1) is 12.8. The lowest BCUT2D eigenvalue weighted by Gasteiger charge is -2.36. The Hall–Kier alpha value is -1.26. The van der Waals surface area contributed by atoms with Crippen LogP contribution in [-0.2, 0) is 6.54 Å². The van der Waals surface area contributed by atoms with Crippen molar-refractivity contribution >= 4 is 28.5 Å². The lowest BCUT2D eigenvalue weighted by atomic mass is 9.76. The van der Waals surface area contributed by atoms with Gasteiger partial charge in [-0.15, -0.1) is 0 Å². The van der Waals surface area contributed by atoms with Crippen molar-refractivity contribution in [1.29, 1.82) is 0 Å². The Morgan fingerprint density at radius 2 is 1.65 bits per heavy atom. The average Bonchev–Trinajstić information content (AvgIpc) is 3.02. The first-order valence-corrected chi connectivity index (χ1v) is 10.6. The van der Waals surface area contributed by atoms with Crippen molar-refractivity contribution in [2.75, 3.05) is 6.54 Å². The van der Waals surface area contributed by atoms with Gasteiger partial charge < -0.3 is 5.32 Å². The molecule has 2 aliphatic rings. The van der Waals surface area contributed by atoms with Crippen molar-refractivity contribution < 1.29 is 0 Å². The molecule has 2 nitrogen and oxygen atoms in total. The van der Waals surface area contributed by atoms with E-state index in [0.29, 0.717) is 0 Å². The van der Waals surface area contributed by atoms with Crippen LogP contribution in [0.3, 0.4) is 0 Å². The van der Waals surface area contributed by atoms with Gasteiger partial charge in [-0.25, -0.2) is 4.72 Å². The highest BCUT2D eigenvalue weighted by Gasteiger charge is 2.41. The number of halogens is 1. The van der Waals surface area contributed by atoms with Gasteiger partial charge in [0.05, 0.1) is 5.54 Å². The zero-order valence-electron chi connectivity index (χ0n) is 14.9. The van der Waals surface area contributed by atoms with Gasteiger partial charge in [0, 0.05) is 23.0 Å². The molecular weight excluding hydrogens is 360 g/mol. The lowest BCUT2D eigenvalue weighted by molar-refractivity contribution is 0.320. The van der Waals surface area contributed by atoms with E-state index in [4.69, 9.17) is 11.6 Å². The SMILES string of the molecule is Clc1ccc(C2=C(CNCc3ccccc3)C3(CCCCC3)NS2)cc1.